The molecule has 1 aromatic carbocycles. The molecule has 3 aliphatic rings. The van der Waals surface area contributed by atoms with Crippen molar-refractivity contribution in [1.82, 2.24) is 20.2 Å². The fraction of sp³-hybridized carbons (Fsp3) is 0.345. The highest BCUT2D eigenvalue weighted by molar-refractivity contribution is 6.06. The first-order valence-electron chi connectivity index (χ1n) is 13.4. The number of anilines is 1. The summed E-state index contributed by atoms with van der Waals surface area (Å²) in [5.74, 6) is -7.38. The predicted octanol–water partition coefficient (Wildman–Crippen LogP) is 1.47. The lowest BCUT2D eigenvalue weighted by molar-refractivity contribution is -0.170. The molecule has 4 atom stereocenters. The summed E-state index contributed by atoms with van der Waals surface area (Å²) in [7, 11) is 0. The molecule has 11 nitrogen and oxygen atoms in total. The summed E-state index contributed by atoms with van der Waals surface area (Å²) in [5, 5.41) is 5.14. The number of nitrogens with one attached hydrogen (secondary N) is 2. The number of fused-ring (bicyclic) bond motifs is 3. The Kier molecular flexibility index (Phi) is 9.86. The third-order valence-corrected chi connectivity index (χ3v) is 8.52. The van der Waals surface area contributed by atoms with E-state index in [0.29, 0.717) is 39.7 Å². The van der Waals surface area contributed by atoms with Crippen LogP contribution in [0.2, 0.25) is 0 Å². The molecule has 0 radical (unpaired) electrons. The van der Waals surface area contributed by atoms with Gasteiger partial charge in [0.15, 0.2) is 11.6 Å². The van der Waals surface area contributed by atoms with Crippen LogP contribution in [-0.4, -0.2) is 73.8 Å². The molecule has 1 fully saturated rings. The second-order valence-electron chi connectivity index (χ2n) is 11.1. The standard InChI is InChI=1S/C29H23F6N5O3.3H2O/c1-13-16(22-18(30)4-5-19(31)23(22)32)8-20(26(42)40(13)12-29(33,34)35)38-25(41)15-7-14-9-28(10-21(14)37-11-15)17-3-2-6-36-24(17)39-27(28)43;;;/h2-7,11,13,16,20H,8-10,12H2,1H3,(H,38,41)(H,36,39,43);3*1H2/t13-,16-,20+,28+;;;/m1.../s1. The SMILES string of the molecule is C[C@@H]1[C@H](c2c(F)ccc(F)c2F)C[C@H](NC(=O)c2cnc3c(c2)C[C@@]2(C3)C(=O)Nc3ncccc32)C(=O)N1CC(F)(F)F.O.O.O. The molecule has 46 heavy (non-hydrogen) atoms. The Morgan fingerprint density at radius 3 is 2.46 bits per heavy atom. The van der Waals surface area contributed by atoms with Gasteiger partial charge in [0.2, 0.25) is 11.8 Å². The van der Waals surface area contributed by atoms with Gasteiger partial charge in [-0.2, -0.15) is 13.2 Å². The van der Waals surface area contributed by atoms with Gasteiger partial charge in [0.05, 0.1) is 11.0 Å². The Hall–Kier alpha value is -4.61. The van der Waals surface area contributed by atoms with Gasteiger partial charge in [-0.05, 0) is 49.6 Å². The molecule has 6 rings (SSSR count). The van der Waals surface area contributed by atoms with Crippen LogP contribution in [0.25, 0.3) is 0 Å². The molecule has 4 heterocycles. The number of halogens is 6. The van der Waals surface area contributed by atoms with E-state index in [9.17, 15) is 40.7 Å². The fourth-order valence-electron chi connectivity index (χ4n) is 6.43. The highest BCUT2D eigenvalue weighted by Crippen LogP contribution is 2.46. The highest BCUT2D eigenvalue weighted by atomic mass is 19.4. The van der Waals surface area contributed by atoms with Gasteiger partial charge in [-0.15, -0.1) is 0 Å². The second kappa shape index (κ2) is 12.6. The Labute approximate surface area is 256 Å². The molecule has 0 unspecified atom stereocenters. The number of carbonyl (C=O) groups excluding carboxylic acids is 3. The number of hydrogen-bond donors (Lipinski definition) is 2. The monoisotopic (exact) mass is 657 g/mol. The van der Waals surface area contributed by atoms with Crippen LogP contribution < -0.4 is 10.6 Å². The van der Waals surface area contributed by atoms with Crippen molar-refractivity contribution in [3.63, 3.8) is 0 Å². The van der Waals surface area contributed by atoms with E-state index < -0.39 is 77.4 Å². The van der Waals surface area contributed by atoms with Crippen LogP contribution in [0.1, 0.15) is 52.0 Å². The van der Waals surface area contributed by atoms with E-state index >= 15 is 0 Å². The van der Waals surface area contributed by atoms with Crippen LogP contribution in [0.3, 0.4) is 0 Å². The van der Waals surface area contributed by atoms with Gasteiger partial charge >= 0.3 is 6.18 Å². The molecule has 0 saturated carbocycles. The first-order chi connectivity index (χ1) is 20.3. The van der Waals surface area contributed by atoms with Crippen LogP contribution in [0.5, 0.6) is 0 Å². The van der Waals surface area contributed by atoms with Gasteiger partial charge in [0.25, 0.3) is 5.91 Å². The second-order valence-corrected chi connectivity index (χ2v) is 11.1. The summed E-state index contributed by atoms with van der Waals surface area (Å²) in [5.41, 5.74) is 0.0460. The Balaban J connectivity index is 0.00000192. The van der Waals surface area contributed by atoms with Crippen LogP contribution in [0.15, 0.2) is 42.7 Å². The summed E-state index contributed by atoms with van der Waals surface area (Å²) in [4.78, 5) is 48.4. The van der Waals surface area contributed by atoms with Crippen LogP contribution in [-0.2, 0) is 27.8 Å². The molecule has 248 valence electrons. The Morgan fingerprint density at radius 1 is 1.07 bits per heavy atom. The van der Waals surface area contributed by atoms with E-state index in [2.05, 4.69) is 20.6 Å². The van der Waals surface area contributed by atoms with Gasteiger partial charge in [-0.3, -0.25) is 19.4 Å². The number of rotatable bonds is 4. The average Bonchev–Trinajstić information content (AvgIpc) is 3.47. The van der Waals surface area contributed by atoms with Gasteiger partial charge < -0.3 is 32.0 Å². The maximum absolute atomic E-state index is 14.7. The van der Waals surface area contributed by atoms with E-state index in [-0.39, 0.29) is 40.7 Å². The van der Waals surface area contributed by atoms with Crippen molar-refractivity contribution in [3.05, 3.63) is 88.1 Å². The van der Waals surface area contributed by atoms with E-state index in [1.807, 2.05) is 0 Å². The van der Waals surface area contributed by atoms with E-state index in [1.54, 1.807) is 18.3 Å². The molecule has 1 saturated heterocycles. The molecule has 3 amide bonds. The summed E-state index contributed by atoms with van der Waals surface area (Å²) >= 11 is 0. The lowest BCUT2D eigenvalue weighted by atomic mass is 9.80. The van der Waals surface area contributed by atoms with Crippen molar-refractivity contribution in [1.29, 1.82) is 0 Å². The summed E-state index contributed by atoms with van der Waals surface area (Å²) in [6.45, 7) is -0.557. The van der Waals surface area contributed by atoms with Crippen molar-refractivity contribution in [2.75, 3.05) is 11.9 Å². The predicted molar refractivity (Wildman–Crippen MR) is 149 cm³/mol. The van der Waals surface area contributed by atoms with Gasteiger partial charge in [0.1, 0.15) is 24.2 Å². The number of benzene rings is 1. The smallest absolute Gasteiger partial charge is 0.406 e. The first kappa shape index (κ1) is 35.9. The maximum Gasteiger partial charge on any atom is 0.406 e. The summed E-state index contributed by atoms with van der Waals surface area (Å²) < 4.78 is 83.8. The largest absolute Gasteiger partial charge is 0.412 e. The van der Waals surface area contributed by atoms with Crippen molar-refractivity contribution in [2.45, 2.75) is 55.8 Å². The quantitative estimate of drug-likeness (QED) is 0.316. The lowest BCUT2D eigenvalue weighted by Crippen LogP contribution is -2.60. The minimum atomic E-state index is -4.86. The zero-order chi connectivity index (χ0) is 30.8. The van der Waals surface area contributed by atoms with E-state index in [4.69, 9.17) is 0 Å². The zero-order valence-corrected chi connectivity index (χ0v) is 23.9. The van der Waals surface area contributed by atoms with Crippen molar-refractivity contribution in [2.24, 2.45) is 0 Å². The van der Waals surface area contributed by atoms with E-state index in [0.717, 1.165) is 0 Å². The van der Waals surface area contributed by atoms with Gasteiger partial charge in [0, 0.05) is 47.6 Å². The molecular formula is C29H29F6N5O6. The molecule has 2 aromatic heterocycles. The first-order valence-corrected chi connectivity index (χ1v) is 13.4. The lowest BCUT2D eigenvalue weighted by Gasteiger charge is -2.43. The summed E-state index contributed by atoms with van der Waals surface area (Å²) in [6, 6.07) is 3.19. The van der Waals surface area contributed by atoms with Gasteiger partial charge in [-0.25, -0.2) is 18.2 Å². The molecule has 1 spiro atoms. The van der Waals surface area contributed by atoms with Crippen LogP contribution in [0, 0.1) is 17.5 Å². The third-order valence-electron chi connectivity index (χ3n) is 8.52. The van der Waals surface area contributed by atoms with Gasteiger partial charge in [-0.1, -0.05) is 6.07 Å². The maximum atomic E-state index is 14.7. The number of hydrogen-bond acceptors (Lipinski definition) is 5. The molecule has 8 N–H and O–H groups in total. The van der Waals surface area contributed by atoms with Crippen molar-refractivity contribution >= 4 is 23.5 Å². The molecule has 1 aliphatic carbocycles. The number of alkyl halides is 3. The minimum absolute atomic E-state index is 0. The number of aromatic nitrogens is 2. The molecular weight excluding hydrogens is 628 g/mol. The van der Waals surface area contributed by atoms with Crippen molar-refractivity contribution in [3.8, 4) is 0 Å². The summed E-state index contributed by atoms with van der Waals surface area (Å²) in [6.07, 6.45) is -2.11. The third kappa shape index (κ3) is 5.88. The Bertz CT molecular complexity index is 1690. The van der Waals surface area contributed by atoms with Crippen molar-refractivity contribution < 1.29 is 57.2 Å². The van der Waals surface area contributed by atoms with E-state index in [1.165, 1.54) is 19.2 Å². The number of likely N-dealkylation sites (tertiary alicyclic amines) is 1. The molecule has 3 aromatic rings. The highest BCUT2D eigenvalue weighted by Gasteiger charge is 2.52. The minimum Gasteiger partial charge on any atom is -0.412 e. The average molecular weight is 658 g/mol. The van der Waals surface area contributed by atoms with Crippen LogP contribution in [0.4, 0.5) is 32.2 Å². The molecule has 17 heteroatoms. The number of carbonyl (C=O) groups is 3. The number of amides is 3. The number of pyridine rings is 2. The number of piperidine rings is 1. The fourth-order valence-corrected chi connectivity index (χ4v) is 6.43. The number of nitrogens with zero attached hydrogens (tertiary/aromatic N) is 3. The molecule has 0 bridgehead atoms. The molecule has 2 aliphatic heterocycles. The van der Waals surface area contributed by atoms with Crippen LogP contribution >= 0.6 is 0 Å². The zero-order valence-electron chi connectivity index (χ0n) is 23.9. The topological polar surface area (TPSA) is 199 Å². The Morgan fingerprint density at radius 2 is 1.76 bits per heavy atom. The normalized spacial score (nSPS) is 23.0.